The molecule has 1 aliphatic rings. The van der Waals surface area contributed by atoms with E-state index in [1.165, 1.54) is 11.1 Å². The molecule has 8 heteroatoms. The number of furan rings is 1. The summed E-state index contributed by atoms with van der Waals surface area (Å²) in [5.41, 5.74) is 2.04. The molecule has 3 aromatic carbocycles. The molecular formula is C27H19N3O4S. The second kappa shape index (κ2) is 9.82. The molecule has 2 heterocycles. The Morgan fingerprint density at radius 2 is 1.60 bits per heavy atom. The van der Waals surface area contributed by atoms with Crippen LogP contribution in [0.15, 0.2) is 117 Å². The molecule has 35 heavy (non-hydrogen) atoms. The second-order valence-electron chi connectivity index (χ2n) is 7.64. The highest BCUT2D eigenvalue weighted by Gasteiger charge is 2.31. The Labute approximate surface area is 205 Å². The van der Waals surface area contributed by atoms with E-state index in [0.29, 0.717) is 39.8 Å². The van der Waals surface area contributed by atoms with E-state index in [0.717, 1.165) is 4.90 Å². The number of amides is 1. The van der Waals surface area contributed by atoms with Crippen molar-refractivity contribution in [1.82, 2.24) is 0 Å². The third kappa shape index (κ3) is 4.78. The SMILES string of the molecule is O=C1C(=Cc2ccc(-c3ccccc3[N+](=O)[O-])o2)C(CSc2ccccc2)=NN1c1ccccc1. The molecular weight excluding hydrogens is 462 g/mol. The molecule has 0 saturated heterocycles. The molecule has 0 aliphatic carbocycles. The van der Waals surface area contributed by atoms with Gasteiger partial charge in [0.15, 0.2) is 0 Å². The topological polar surface area (TPSA) is 88.9 Å². The molecule has 0 radical (unpaired) electrons. The van der Waals surface area contributed by atoms with E-state index in [2.05, 4.69) is 5.10 Å². The molecule has 1 aliphatic heterocycles. The van der Waals surface area contributed by atoms with Gasteiger partial charge in [-0.3, -0.25) is 14.9 Å². The smallest absolute Gasteiger partial charge is 0.280 e. The molecule has 0 spiro atoms. The van der Waals surface area contributed by atoms with E-state index in [-0.39, 0.29) is 11.6 Å². The number of nitro benzene ring substituents is 1. The fraction of sp³-hybridized carbons (Fsp3) is 0.0370. The maximum Gasteiger partial charge on any atom is 0.280 e. The van der Waals surface area contributed by atoms with Crippen LogP contribution in [0.4, 0.5) is 11.4 Å². The number of nitrogens with zero attached hydrogens (tertiary/aromatic N) is 3. The lowest BCUT2D eigenvalue weighted by Gasteiger charge is -2.10. The molecule has 0 fully saturated rings. The summed E-state index contributed by atoms with van der Waals surface area (Å²) in [5.74, 6) is 0.992. The molecule has 1 amide bonds. The fourth-order valence-electron chi connectivity index (χ4n) is 3.68. The van der Waals surface area contributed by atoms with Crippen molar-refractivity contribution in [3.8, 4) is 11.3 Å². The number of thioether (sulfide) groups is 1. The summed E-state index contributed by atoms with van der Waals surface area (Å²) in [6, 6.07) is 28.9. The van der Waals surface area contributed by atoms with E-state index >= 15 is 0 Å². The van der Waals surface area contributed by atoms with Gasteiger partial charge in [0.05, 0.1) is 27.5 Å². The number of para-hydroxylation sites is 2. The quantitative estimate of drug-likeness (QED) is 0.131. The Balaban J connectivity index is 1.48. The lowest BCUT2D eigenvalue weighted by atomic mass is 10.1. The first-order valence-corrected chi connectivity index (χ1v) is 11.8. The van der Waals surface area contributed by atoms with Crippen molar-refractivity contribution in [2.24, 2.45) is 5.10 Å². The monoisotopic (exact) mass is 481 g/mol. The zero-order chi connectivity index (χ0) is 24.2. The highest BCUT2D eigenvalue weighted by molar-refractivity contribution is 8.00. The average Bonchev–Trinajstić information content (AvgIpc) is 3.49. The summed E-state index contributed by atoms with van der Waals surface area (Å²) in [5, 5.41) is 17.4. The molecule has 0 atom stereocenters. The van der Waals surface area contributed by atoms with E-state index in [1.807, 2.05) is 60.7 Å². The van der Waals surface area contributed by atoms with Crippen molar-refractivity contribution in [3.05, 3.63) is 119 Å². The normalized spacial score (nSPS) is 14.4. The second-order valence-corrected chi connectivity index (χ2v) is 8.68. The first-order valence-electron chi connectivity index (χ1n) is 10.8. The maximum atomic E-state index is 13.4. The number of rotatable bonds is 7. The minimum Gasteiger partial charge on any atom is -0.456 e. The fourth-order valence-corrected chi connectivity index (χ4v) is 4.55. The Kier molecular flexibility index (Phi) is 6.28. The van der Waals surface area contributed by atoms with Crippen LogP contribution < -0.4 is 5.01 Å². The first-order chi connectivity index (χ1) is 17.1. The van der Waals surface area contributed by atoms with Gasteiger partial charge in [-0.05, 0) is 48.5 Å². The van der Waals surface area contributed by atoms with Crippen LogP contribution >= 0.6 is 11.8 Å². The van der Waals surface area contributed by atoms with Gasteiger partial charge in [0, 0.05) is 16.7 Å². The Hall–Kier alpha value is -4.43. The van der Waals surface area contributed by atoms with Crippen LogP contribution in [0.1, 0.15) is 5.76 Å². The summed E-state index contributed by atoms with van der Waals surface area (Å²) in [6.45, 7) is 0. The Morgan fingerprint density at radius 3 is 2.34 bits per heavy atom. The number of hydrogen-bond donors (Lipinski definition) is 0. The molecule has 1 aromatic heterocycles. The number of anilines is 1. The van der Waals surface area contributed by atoms with Crippen LogP contribution in [0.2, 0.25) is 0 Å². The van der Waals surface area contributed by atoms with Crippen LogP contribution in [0.3, 0.4) is 0 Å². The van der Waals surface area contributed by atoms with Crippen molar-refractivity contribution < 1.29 is 14.1 Å². The lowest BCUT2D eigenvalue weighted by molar-refractivity contribution is -0.384. The van der Waals surface area contributed by atoms with Gasteiger partial charge in [0.1, 0.15) is 11.5 Å². The number of carbonyl (C=O) groups is 1. The summed E-state index contributed by atoms with van der Waals surface area (Å²) in [6.07, 6.45) is 1.65. The van der Waals surface area contributed by atoms with Crippen LogP contribution in [-0.2, 0) is 4.79 Å². The van der Waals surface area contributed by atoms with E-state index in [4.69, 9.17) is 4.42 Å². The Bertz CT molecular complexity index is 1450. The van der Waals surface area contributed by atoms with Crippen molar-refractivity contribution in [1.29, 1.82) is 0 Å². The predicted molar refractivity (Wildman–Crippen MR) is 137 cm³/mol. The van der Waals surface area contributed by atoms with Crippen LogP contribution in [-0.4, -0.2) is 22.3 Å². The number of hydrogen-bond acceptors (Lipinski definition) is 6. The largest absolute Gasteiger partial charge is 0.456 e. The minimum absolute atomic E-state index is 0.0465. The molecule has 4 aromatic rings. The molecule has 7 nitrogen and oxygen atoms in total. The minimum atomic E-state index is -0.445. The molecule has 0 unspecified atom stereocenters. The first kappa shape index (κ1) is 22.4. The van der Waals surface area contributed by atoms with Crippen molar-refractivity contribution in [2.45, 2.75) is 4.90 Å². The third-order valence-electron chi connectivity index (χ3n) is 5.35. The standard InChI is InChI=1S/C27H19N3O4S/c31-27-23(17-20-15-16-26(34-20)22-13-7-8-14-25(22)30(32)33)24(18-35-21-11-5-2-6-12-21)28-29(27)19-9-3-1-4-10-19/h1-17H,18H2. The molecule has 0 bridgehead atoms. The van der Waals surface area contributed by atoms with Gasteiger partial charge in [-0.1, -0.05) is 48.5 Å². The summed E-state index contributed by atoms with van der Waals surface area (Å²) in [7, 11) is 0. The maximum absolute atomic E-state index is 13.4. The van der Waals surface area contributed by atoms with Gasteiger partial charge in [-0.2, -0.15) is 10.1 Å². The Morgan fingerprint density at radius 1 is 0.914 bits per heavy atom. The highest BCUT2D eigenvalue weighted by Crippen LogP contribution is 2.33. The molecule has 0 saturated carbocycles. The number of benzene rings is 3. The van der Waals surface area contributed by atoms with E-state index in [9.17, 15) is 14.9 Å². The molecule has 0 N–H and O–H groups in total. The van der Waals surface area contributed by atoms with Crippen molar-refractivity contribution >= 4 is 40.8 Å². The van der Waals surface area contributed by atoms with Gasteiger partial charge in [0.2, 0.25) is 0 Å². The number of hydrazone groups is 1. The highest BCUT2D eigenvalue weighted by atomic mass is 32.2. The van der Waals surface area contributed by atoms with Gasteiger partial charge in [0.25, 0.3) is 11.6 Å². The van der Waals surface area contributed by atoms with Gasteiger partial charge in [-0.25, -0.2) is 0 Å². The summed E-state index contributed by atoms with van der Waals surface area (Å²) >= 11 is 1.58. The molecule has 172 valence electrons. The summed E-state index contributed by atoms with van der Waals surface area (Å²) in [4.78, 5) is 25.4. The number of carbonyl (C=O) groups excluding carboxylic acids is 1. The van der Waals surface area contributed by atoms with Crippen LogP contribution in [0.25, 0.3) is 17.4 Å². The molecule has 5 rings (SSSR count). The average molecular weight is 482 g/mol. The predicted octanol–water partition coefficient (Wildman–Crippen LogP) is 6.43. The van der Waals surface area contributed by atoms with E-state index in [1.54, 1.807) is 48.2 Å². The third-order valence-corrected chi connectivity index (χ3v) is 6.38. The van der Waals surface area contributed by atoms with Crippen molar-refractivity contribution in [2.75, 3.05) is 10.8 Å². The van der Waals surface area contributed by atoms with Crippen molar-refractivity contribution in [3.63, 3.8) is 0 Å². The van der Waals surface area contributed by atoms with Gasteiger partial charge < -0.3 is 4.42 Å². The zero-order valence-electron chi connectivity index (χ0n) is 18.4. The summed E-state index contributed by atoms with van der Waals surface area (Å²) < 4.78 is 5.91. The van der Waals surface area contributed by atoms with Crippen LogP contribution in [0, 0.1) is 10.1 Å². The van der Waals surface area contributed by atoms with Crippen LogP contribution in [0.5, 0.6) is 0 Å². The number of nitro groups is 1. The van der Waals surface area contributed by atoms with Gasteiger partial charge >= 0.3 is 0 Å². The lowest BCUT2D eigenvalue weighted by Crippen LogP contribution is -2.21. The van der Waals surface area contributed by atoms with E-state index < -0.39 is 4.92 Å². The van der Waals surface area contributed by atoms with Gasteiger partial charge in [-0.15, -0.1) is 11.8 Å². The zero-order valence-corrected chi connectivity index (χ0v) is 19.2.